The van der Waals surface area contributed by atoms with Crippen LogP contribution in [0.25, 0.3) is 0 Å². The van der Waals surface area contributed by atoms with Gasteiger partial charge >= 0.3 is 0 Å². The van der Waals surface area contributed by atoms with E-state index in [1.165, 1.54) is 48.7 Å². The van der Waals surface area contributed by atoms with Crippen molar-refractivity contribution in [1.82, 2.24) is 4.98 Å². The highest BCUT2D eigenvalue weighted by molar-refractivity contribution is 9.10. The Morgan fingerprint density at radius 2 is 2.04 bits per heavy atom. The molecular formula is C20H10BrClF2N2O2. The minimum atomic E-state index is -0.913. The van der Waals surface area contributed by atoms with E-state index in [4.69, 9.17) is 21.6 Å². The fourth-order valence-corrected chi connectivity index (χ4v) is 3.08. The van der Waals surface area contributed by atoms with E-state index < -0.39 is 17.5 Å². The second-order valence-electron chi connectivity index (χ2n) is 5.68. The average molecular weight is 464 g/mol. The molecule has 4 nitrogen and oxygen atoms in total. The lowest BCUT2D eigenvalue weighted by atomic mass is 10.0. The van der Waals surface area contributed by atoms with E-state index in [9.17, 15) is 13.6 Å². The number of ketones is 1. The summed E-state index contributed by atoms with van der Waals surface area (Å²) in [5.74, 6) is -2.34. The number of halogens is 4. The van der Waals surface area contributed by atoms with Crippen molar-refractivity contribution in [3.05, 3.63) is 86.6 Å². The Kier molecular flexibility index (Phi) is 6.02. The summed E-state index contributed by atoms with van der Waals surface area (Å²) >= 11 is 9.13. The Morgan fingerprint density at radius 3 is 2.75 bits per heavy atom. The number of rotatable bonds is 5. The maximum absolute atomic E-state index is 15.0. The van der Waals surface area contributed by atoms with Gasteiger partial charge in [-0.1, -0.05) is 17.7 Å². The van der Waals surface area contributed by atoms with Gasteiger partial charge < -0.3 is 4.74 Å². The third-order valence-electron chi connectivity index (χ3n) is 3.76. The first kappa shape index (κ1) is 19.9. The predicted octanol–water partition coefficient (Wildman–Crippen LogP) is 5.87. The van der Waals surface area contributed by atoms with Crippen LogP contribution in [0.4, 0.5) is 8.78 Å². The van der Waals surface area contributed by atoms with Crippen LogP contribution < -0.4 is 4.74 Å². The van der Waals surface area contributed by atoms with Crippen molar-refractivity contribution >= 4 is 33.3 Å². The van der Waals surface area contributed by atoms with Gasteiger partial charge in [-0.2, -0.15) is 9.65 Å². The molecule has 0 unspecified atom stereocenters. The predicted molar refractivity (Wildman–Crippen MR) is 103 cm³/mol. The van der Waals surface area contributed by atoms with Gasteiger partial charge in [-0.05, 0) is 57.9 Å². The fourth-order valence-electron chi connectivity index (χ4n) is 2.47. The van der Waals surface area contributed by atoms with Crippen molar-refractivity contribution in [3.8, 4) is 17.6 Å². The van der Waals surface area contributed by atoms with Crippen LogP contribution in [0.5, 0.6) is 11.5 Å². The third kappa shape index (κ3) is 4.35. The van der Waals surface area contributed by atoms with Gasteiger partial charge in [-0.3, -0.25) is 4.79 Å². The minimum Gasteiger partial charge on any atom is -0.453 e. The van der Waals surface area contributed by atoms with Gasteiger partial charge in [0.1, 0.15) is 5.75 Å². The van der Waals surface area contributed by atoms with Crippen LogP contribution in [0.1, 0.15) is 21.5 Å². The number of nitriles is 1. The number of benzene rings is 2. The Morgan fingerprint density at radius 1 is 1.25 bits per heavy atom. The highest BCUT2D eigenvalue weighted by Gasteiger charge is 2.19. The second-order valence-corrected chi connectivity index (χ2v) is 6.97. The standard InChI is InChI=1S/C20H10BrClF2N2O2/c21-16-4-3-12(8-17(27)15-2-1-5-26-20(15)24)18(23)19(16)28-14-7-11(10-25)6-13(22)9-14/h1-7,9H,8H2. The first-order valence-corrected chi connectivity index (χ1v) is 9.05. The zero-order chi connectivity index (χ0) is 20.3. The van der Waals surface area contributed by atoms with Gasteiger partial charge in [0.25, 0.3) is 0 Å². The molecule has 0 saturated carbocycles. The van der Waals surface area contributed by atoms with Crippen LogP contribution in [0.2, 0.25) is 5.02 Å². The van der Waals surface area contributed by atoms with Crippen molar-refractivity contribution in [2.24, 2.45) is 0 Å². The summed E-state index contributed by atoms with van der Waals surface area (Å²) in [6.07, 6.45) is 0.843. The van der Waals surface area contributed by atoms with Gasteiger partial charge in [0, 0.05) is 17.6 Å². The SMILES string of the molecule is N#Cc1cc(Cl)cc(Oc2c(Br)ccc(CC(=O)c3cccnc3F)c2F)c1. The van der Waals surface area contributed by atoms with Gasteiger partial charge in [-0.15, -0.1) is 0 Å². The van der Waals surface area contributed by atoms with Crippen LogP contribution in [0, 0.1) is 23.1 Å². The van der Waals surface area contributed by atoms with E-state index in [0.717, 1.165) is 0 Å². The number of hydrogen-bond donors (Lipinski definition) is 0. The van der Waals surface area contributed by atoms with Crippen LogP contribution in [-0.2, 0) is 6.42 Å². The molecule has 0 atom stereocenters. The molecule has 0 fully saturated rings. The number of pyridine rings is 1. The van der Waals surface area contributed by atoms with E-state index in [0.29, 0.717) is 4.47 Å². The molecule has 0 N–H and O–H groups in total. The Hall–Kier alpha value is -2.82. The second kappa shape index (κ2) is 8.46. The highest BCUT2D eigenvalue weighted by atomic mass is 79.9. The Labute approximate surface area is 172 Å². The van der Waals surface area contributed by atoms with Crippen molar-refractivity contribution in [1.29, 1.82) is 5.26 Å². The van der Waals surface area contributed by atoms with Crippen molar-refractivity contribution in [2.75, 3.05) is 0 Å². The van der Waals surface area contributed by atoms with E-state index in [1.54, 1.807) is 0 Å². The number of carbonyl (C=O) groups excluding carboxylic acids is 1. The average Bonchev–Trinajstić information content (AvgIpc) is 2.67. The molecule has 1 heterocycles. The monoisotopic (exact) mass is 462 g/mol. The number of carbonyl (C=O) groups is 1. The van der Waals surface area contributed by atoms with Gasteiger partial charge in [0.05, 0.1) is 21.7 Å². The molecule has 0 bridgehead atoms. The lowest BCUT2D eigenvalue weighted by Gasteiger charge is -2.12. The molecule has 0 aliphatic carbocycles. The molecule has 0 amide bonds. The first-order chi connectivity index (χ1) is 13.4. The molecule has 2 aromatic carbocycles. The summed E-state index contributed by atoms with van der Waals surface area (Å²) in [5.41, 5.74) is 0.0483. The van der Waals surface area contributed by atoms with E-state index in [1.807, 2.05) is 6.07 Å². The molecular weight excluding hydrogens is 454 g/mol. The molecule has 0 radical (unpaired) electrons. The topological polar surface area (TPSA) is 63.0 Å². The molecule has 140 valence electrons. The Bertz CT molecular complexity index is 1120. The van der Waals surface area contributed by atoms with Crippen LogP contribution in [0.15, 0.2) is 53.1 Å². The molecule has 0 aliphatic rings. The smallest absolute Gasteiger partial charge is 0.223 e. The van der Waals surface area contributed by atoms with Crippen LogP contribution >= 0.6 is 27.5 Å². The lowest BCUT2D eigenvalue weighted by Crippen LogP contribution is -2.09. The molecule has 0 spiro atoms. The normalized spacial score (nSPS) is 10.4. The minimum absolute atomic E-state index is 0.0222. The lowest BCUT2D eigenvalue weighted by molar-refractivity contribution is 0.0987. The number of Topliss-reactive ketones (excluding diaryl/α,β-unsaturated/α-hetero) is 1. The summed E-state index contributed by atoms with van der Waals surface area (Å²) < 4.78 is 34.5. The van der Waals surface area contributed by atoms with E-state index in [2.05, 4.69) is 20.9 Å². The van der Waals surface area contributed by atoms with Crippen molar-refractivity contribution in [2.45, 2.75) is 6.42 Å². The van der Waals surface area contributed by atoms with Gasteiger partial charge in [0.2, 0.25) is 5.95 Å². The maximum atomic E-state index is 15.0. The zero-order valence-electron chi connectivity index (χ0n) is 14.0. The van der Waals surface area contributed by atoms with Crippen molar-refractivity contribution < 1.29 is 18.3 Å². The summed E-state index contributed by atoms with van der Waals surface area (Å²) in [6.45, 7) is 0. The Balaban J connectivity index is 1.92. The van der Waals surface area contributed by atoms with Gasteiger partial charge in [0.15, 0.2) is 17.3 Å². The molecule has 28 heavy (non-hydrogen) atoms. The highest BCUT2D eigenvalue weighted by Crippen LogP contribution is 2.35. The van der Waals surface area contributed by atoms with Gasteiger partial charge in [-0.25, -0.2) is 9.37 Å². The summed E-state index contributed by atoms with van der Waals surface area (Å²) in [5, 5.41) is 9.27. The van der Waals surface area contributed by atoms with E-state index in [-0.39, 0.29) is 39.6 Å². The quantitative estimate of drug-likeness (QED) is 0.351. The largest absolute Gasteiger partial charge is 0.453 e. The summed E-state index contributed by atoms with van der Waals surface area (Å²) in [6, 6.07) is 11.8. The van der Waals surface area contributed by atoms with E-state index >= 15 is 0 Å². The first-order valence-electron chi connectivity index (χ1n) is 7.88. The molecule has 8 heteroatoms. The third-order valence-corrected chi connectivity index (χ3v) is 4.60. The molecule has 1 aromatic heterocycles. The molecule has 0 saturated heterocycles. The van der Waals surface area contributed by atoms with Crippen LogP contribution in [0.3, 0.4) is 0 Å². The van der Waals surface area contributed by atoms with Crippen molar-refractivity contribution in [3.63, 3.8) is 0 Å². The maximum Gasteiger partial charge on any atom is 0.223 e. The molecule has 3 rings (SSSR count). The fraction of sp³-hybridized carbons (Fsp3) is 0.0500. The zero-order valence-corrected chi connectivity index (χ0v) is 16.4. The number of ether oxygens (including phenoxy) is 1. The summed E-state index contributed by atoms with van der Waals surface area (Å²) in [4.78, 5) is 15.7. The summed E-state index contributed by atoms with van der Waals surface area (Å²) in [7, 11) is 0. The number of hydrogen-bond acceptors (Lipinski definition) is 4. The molecule has 0 aliphatic heterocycles. The number of nitrogens with zero attached hydrogens (tertiary/aromatic N) is 2. The number of aromatic nitrogens is 1. The molecule has 3 aromatic rings. The van der Waals surface area contributed by atoms with Crippen LogP contribution in [-0.4, -0.2) is 10.8 Å².